The van der Waals surface area contributed by atoms with Crippen LogP contribution in [0.15, 0.2) is 35.1 Å². The predicted octanol–water partition coefficient (Wildman–Crippen LogP) is 2.26. The number of aromatic nitrogens is 4. The van der Waals surface area contributed by atoms with Gasteiger partial charge in [0.15, 0.2) is 0 Å². The molecule has 25 heavy (non-hydrogen) atoms. The molecule has 0 aliphatic carbocycles. The fraction of sp³-hybridized carbons (Fsp3) is 0.353. The van der Waals surface area contributed by atoms with Crippen LogP contribution in [0.5, 0.6) is 0 Å². The Morgan fingerprint density at radius 1 is 1.16 bits per heavy atom. The summed E-state index contributed by atoms with van der Waals surface area (Å²) in [5, 5.41) is 9.37. The largest absolute Gasteiger partial charge is 0.351 e. The second-order valence-corrected chi connectivity index (χ2v) is 6.17. The molecule has 1 aromatic carbocycles. The van der Waals surface area contributed by atoms with Crippen molar-refractivity contribution in [2.24, 2.45) is 0 Å². The van der Waals surface area contributed by atoms with Crippen molar-refractivity contribution < 1.29 is 0 Å². The van der Waals surface area contributed by atoms with Gasteiger partial charge in [0.25, 0.3) is 11.3 Å². The number of fused-ring (bicyclic) bond motifs is 1. The molecule has 8 heteroatoms. The van der Waals surface area contributed by atoms with Gasteiger partial charge in [0.2, 0.25) is 5.95 Å². The second-order valence-electron chi connectivity index (χ2n) is 6.17. The van der Waals surface area contributed by atoms with Gasteiger partial charge in [-0.2, -0.15) is 9.50 Å². The minimum atomic E-state index is -0.170. The van der Waals surface area contributed by atoms with Crippen LogP contribution in [0.3, 0.4) is 0 Å². The van der Waals surface area contributed by atoms with E-state index in [9.17, 15) is 4.79 Å². The number of aromatic amines is 1. The van der Waals surface area contributed by atoms with Crippen LogP contribution in [0.4, 0.5) is 5.95 Å². The Balaban J connectivity index is 0.00000225. The molecule has 134 valence electrons. The van der Waals surface area contributed by atoms with E-state index in [4.69, 9.17) is 0 Å². The van der Waals surface area contributed by atoms with E-state index in [1.165, 1.54) is 16.1 Å². The van der Waals surface area contributed by atoms with E-state index >= 15 is 0 Å². The molecule has 0 bridgehead atoms. The maximum absolute atomic E-state index is 12.2. The lowest BCUT2D eigenvalue weighted by Gasteiger charge is -2.06. The van der Waals surface area contributed by atoms with Gasteiger partial charge in [0, 0.05) is 25.2 Å². The molecular formula is C17H23ClN6O. The normalized spacial score (nSPS) is 10.9. The molecule has 0 saturated heterocycles. The molecule has 2 aromatic heterocycles. The number of aryl methyl sites for hydroxylation is 1. The van der Waals surface area contributed by atoms with Crippen molar-refractivity contribution in [2.45, 2.75) is 39.9 Å². The molecule has 0 unspecified atom stereocenters. The molecular weight excluding hydrogens is 340 g/mol. The molecule has 0 radical (unpaired) electrons. The maximum Gasteiger partial charge on any atom is 0.274 e. The highest BCUT2D eigenvalue weighted by Gasteiger charge is 2.08. The molecule has 0 fully saturated rings. The summed E-state index contributed by atoms with van der Waals surface area (Å²) in [5.41, 5.74) is 2.88. The van der Waals surface area contributed by atoms with Gasteiger partial charge in [0.1, 0.15) is 0 Å². The Labute approximate surface area is 152 Å². The van der Waals surface area contributed by atoms with Gasteiger partial charge < -0.3 is 10.6 Å². The first-order valence-electron chi connectivity index (χ1n) is 8.03. The van der Waals surface area contributed by atoms with Crippen molar-refractivity contribution in [1.29, 1.82) is 0 Å². The van der Waals surface area contributed by atoms with Crippen molar-refractivity contribution in [3.63, 3.8) is 0 Å². The molecule has 7 nitrogen and oxygen atoms in total. The number of nitrogens with zero attached hydrogens (tertiary/aromatic N) is 3. The monoisotopic (exact) mass is 362 g/mol. The lowest BCUT2D eigenvalue weighted by molar-refractivity contribution is 0.580. The van der Waals surface area contributed by atoms with Crippen LogP contribution in [0.25, 0.3) is 5.78 Å². The molecule has 0 atom stereocenters. The van der Waals surface area contributed by atoms with Gasteiger partial charge in [0.05, 0.1) is 5.69 Å². The first kappa shape index (κ1) is 19.0. The number of rotatable bonds is 6. The quantitative estimate of drug-likeness (QED) is 0.626. The lowest BCUT2D eigenvalue weighted by Crippen LogP contribution is -2.24. The van der Waals surface area contributed by atoms with Crippen LogP contribution in [0, 0.1) is 6.92 Å². The Bertz CT molecular complexity index is 884. The van der Waals surface area contributed by atoms with Gasteiger partial charge >= 0.3 is 0 Å². The van der Waals surface area contributed by atoms with E-state index in [1.54, 1.807) is 0 Å². The van der Waals surface area contributed by atoms with Crippen LogP contribution in [0.1, 0.15) is 30.7 Å². The number of anilines is 1. The van der Waals surface area contributed by atoms with Crippen molar-refractivity contribution in [3.8, 4) is 0 Å². The Morgan fingerprint density at radius 3 is 2.56 bits per heavy atom. The molecule has 0 spiro atoms. The minimum Gasteiger partial charge on any atom is -0.351 e. The van der Waals surface area contributed by atoms with E-state index < -0.39 is 0 Å². The van der Waals surface area contributed by atoms with E-state index in [0.717, 1.165) is 5.56 Å². The average molecular weight is 363 g/mol. The summed E-state index contributed by atoms with van der Waals surface area (Å²) < 4.78 is 1.34. The number of nitrogens with one attached hydrogen (secondary N) is 3. The Kier molecular flexibility index (Phi) is 6.17. The molecule has 0 aliphatic rings. The van der Waals surface area contributed by atoms with Crippen LogP contribution in [-0.4, -0.2) is 25.6 Å². The first-order chi connectivity index (χ1) is 11.5. The molecule has 0 amide bonds. The van der Waals surface area contributed by atoms with Gasteiger partial charge in [-0.05, 0) is 12.5 Å². The highest BCUT2D eigenvalue weighted by molar-refractivity contribution is 5.85. The minimum absolute atomic E-state index is 0. The Hall–Kier alpha value is -2.38. The molecule has 2 heterocycles. The number of H-pyrrole nitrogens is 1. The highest BCUT2D eigenvalue weighted by Crippen LogP contribution is 2.07. The third-order valence-corrected chi connectivity index (χ3v) is 3.66. The van der Waals surface area contributed by atoms with Crippen LogP contribution < -0.4 is 16.2 Å². The highest BCUT2D eigenvalue weighted by atomic mass is 35.5. The third-order valence-electron chi connectivity index (χ3n) is 3.66. The molecule has 0 saturated carbocycles. The number of hydrogen-bond acceptors (Lipinski definition) is 5. The summed E-state index contributed by atoms with van der Waals surface area (Å²) in [6.07, 6.45) is 0. The fourth-order valence-corrected chi connectivity index (χ4v) is 2.30. The molecule has 0 aliphatic heterocycles. The molecule has 3 aromatic rings. The van der Waals surface area contributed by atoms with Crippen molar-refractivity contribution in [3.05, 3.63) is 57.5 Å². The van der Waals surface area contributed by atoms with E-state index in [1.807, 2.05) is 13.8 Å². The maximum atomic E-state index is 12.2. The summed E-state index contributed by atoms with van der Waals surface area (Å²) in [5.74, 6) is 0.892. The van der Waals surface area contributed by atoms with Crippen LogP contribution in [-0.2, 0) is 13.1 Å². The predicted molar refractivity (Wildman–Crippen MR) is 101 cm³/mol. The van der Waals surface area contributed by atoms with Crippen LogP contribution >= 0.6 is 12.4 Å². The summed E-state index contributed by atoms with van der Waals surface area (Å²) in [4.78, 5) is 20.9. The second kappa shape index (κ2) is 8.13. The average Bonchev–Trinajstić information content (AvgIpc) is 2.96. The molecule has 3 N–H and O–H groups in total. The number of halogens is 1. The van der Waals surface area contributed by atoms with Gasteiger partial charge in [-0.1, -0.05) is 43.7 Å². The first-order valence-corrected chi connectivity index (χ1v) is 8.03. The summed E-state index contributed by atoms with van der Waals surface area (Å²) in [6, 6.07) is 10.1. The summed E-state index contributed by atoms with van der Waals surface area (Å²) in [6.45, 7) is 7.32. The molecule has 3 rings (SSSR count). The standard InChI is InChI=1S/C17H22N6O.ClH/c1-11(2)18-10-14-8-15(24)23-17(20-14)21-16(22-23)19-9-13-6-4-12(3)5-7-13;/h4-8,11,18H,9-10H2,1-3H3,(H2,19,20,21,22);1H. The zero-order valence-corrected chi connectivity index (χ0v) is 15.4. The zero-order chi connectivity index (χ0) is 17.1. The topological polar surface area (TPSA) is 87.1 Å². The van der Waals surface area contributed by atoms with E-state index in [0.29, 0.717) is 36.6 Å². The fourth-order valence-electron chi connectivity index (χ4n) is 2.30. The van der Waals surface area contributed by atoms with E-state index in [-0.39, 0.29) is 18.0 Å². The van der Waals surface area contributed by atoms with Gasteiger partial charge in [-0.25, -0.2) is 4.98 Å². The van der Waals surface area contributed by atoms with E-state index in [2.05, 4.69) is 56.9 Å². The lowest BCUT2D eigenvalue weighted by atomic mass is 10.1. The van der Waals surface area contributed by atoms with Gasteiger partial charge in [-0.3, -0.25) is 9.89 Å². The van der Waals surface area contributed by atoms with Crippen LogP contribution in [0.2, 0.25) is 0 Å². The SMILES string of the molecule is Cc1ccc(CNc2nc3nc(CNC(C)C)cc(=O)n3[nH]2)cc1.Cl. The van der Waals surface area contributed by atoms with Gasteiger partial charge in [-0.15, -0.1) is 12.4 Å². The number of hydrogen-bond donors (Lipinski definition) is 3. The summed E-state index contributed by atoms with van der Waals surface area (Å²) in [7, 11) is 0. The summed E-state index contributed by atoms with van der Waals surface area (Å²) >= 11 is 0. The smallest absolute Gasteiger partial charge is 0.274 e. The van der Waals surface area contributed by atoms with Crippen molar-refractivity contribution in [2.75, 3.05) is 5.32 Å². The zero-order valence-electron chi connectivity index (χ0n) is 14.5. The number of benzene rings is 1. The third kappa shape index (κ3) is 4.80. The van der Waals surface area contributed by atoms with Crippen molar-refractivity contribution in [1.82, 2.24) is 24.9 Å². The van der Waals surface area contributed by atoms with Crippen molar-refractivity contribution >= 4 is 24.1 Å². The Morgan fingerprint density at radius 2 is 1.88 bits per heavy atom.